The molecule has 8 heteroatoms. The van der Waals surface area contributed by atoms with Crippen LogP contribution in [0.1, 0.15) is 122 Å². The fraction of sp³-hybridized carbons (Fsp3) is 0.885. The molecule has 0 aliphatic carbocycles. The van der Waals surface area contributed by atoms with E-state index in [1.807, 2.05) is 0 Å². The molecule has 0 aliphatic heterocycles. The van der Waals surface area contributed by atoms with Gasteiger partial charge in [-0.3, -0.25) is 9.59 Å². The molecule has 200 valence electrons. The highest BCUT2D eigenvalue weighted by molar-refractivity contribution is 5.80. The molecule has 0 aromatic heterocycles. The molecular formula is C26H48O8. The number of aliphatic carboxylic acids is 1. The predicted molar refractivity (Wildman–Crippen MR) is 130 cm³/mol. The van der Waals surface area contributed by atoms with Crippen LogP contribution in [-0.2, 0) is 23.9 Å². The number of ether oxygens (including phenoxy) is 2. The highest BCUT2D eigenvalue weighted by atomic mass is 16.6. The van der Waals surface area contributed by atoms with Crippen molar-refractivity contribution >= 4 is 17.9 Å². The zero-order valence-corrected chi connectivity index (χ0v) is 21.2. The Hall–Kier alpha value is -1.67. The number of carbonyl (C=O) groups is 3. The second kappa shape index (κ2) is 23.1. The summed E-state index contributed by atoms with van der Waals surface area (Å²) < 4.78 is 9.55. The second-order valence-electron chi connectivity index (χ2n) is 9.13. The monoisotopic (exact) mass is 488 g/mol. The van der Waals surface area contributed by atoms with Gasteiger partial charge in [0.2, 0.25) is 0 Å². The maximum absolute atomic E-state index is 11.7. The number of aliphatic hydroxyl groups is 2. The van der Waals surface area contributed by atoms with Gasteiger partial charge in [-0.2, -0.15) is 0 Å². The summed E-state index contributed by atoms with van der Waals surface area (Å²) in [5.41, 5.74) is 0. The molecule has 0 radical (unpaired) electrons. The van der Waals surface area contributed by atoms with E-state index in [0.29, 0.717) is 0 Å². The minimum atomic E-state index is -1.79. The Bertz CT molecular complexity index is 523. The van der Waals surface area contributed by atoms with Gasteiger partial charge in [-0.1, -0.05) is 103 Å². The Morgan fingerprint density at radius 3 is 1.50 bits per heavy atom. The molecule has 0 rings (SSSR count). The Balaban J connectivity index is 3.43. The van der Waals surface area contributed by atoms with Crippen molar-refractivity contribution in [2.24, 2.45) is 0 Å². The molecule has 0 saturated carbocycles. The molecule has 0 amide bonds. The first kappa shape index (κ1) is 32.3. The summed E-state index contributed by atoms with van der Waals surface area (Å²) in [6.07, 6.45) is 16.7. The van der Waals surface area contributed by atoms with Gasteiger partial charge < -0.3 is 24.8 Å². The number of carboxylic acids is 1. The van der Waals surface area contributed by atoms with Crippen LogP contribution in [0.25, 0.3) is 0 Å². The van der Waals surface area contributed by atoms with Gasteiger partial charge in [0.15, 0.2) is 6.10 Å². The Morgan fingerprint density at radius 2 is 1.06 bits per heavy atom. The van der Waals surface area contributed by atoms with Gasteiger partial charge in [0.05, 0.1) is 6.42 Å². The standard InChI is InChI=1S/C26H48O8/c1-2-3-4-5-6-7-8-9-10-11-12-13-14-15-16-17-18-25(31)33-20-22(27)21-34-26(32)23(28)19-24(29)30/h22-23,27-28H,2-21H2,1H3,(H,29,30)/t22?,23-/m0/s1. The lowest BCUT2D eigenvalue weighted by atomic mass is 10.0. The average Bonchev–Trinajstić information content (AvgIpc) is 2.80. The Kier molecular flexibility index (Phi) is 22.0. The van der Waals surface area contributed by atoms with E-state index in [1.54, 1.807) is 0 Å². The summed E-state index contributed by atoms with van der Waals surface area (Å²) in [5, 5.41) is 27.4. The second-order valence-corrected chi connectivity index (χ2v) is 9.13. The third-order valence-electron chi connectivity index (χ3n) is 5.73. The maximum atomic E-state index is 11.7. The van der Waals surface area contributed by atoms with Gasteiger partial charge in [0, 0.05) is 6.42 Å². The van der Waals surface area contributed by atoms with E-state index >= 15 is 0 Å². The minimum absolute atomic E-state index is 0.280. The number of aliphatic hydroxyl groups excluding tert-OH is 2. The molecular weight excluding hydrogens is 440 g/mol. The lowest BCUT2D eigenvalue weighted by molar-refractivity contribution is -0.162. The van der Waals surface area contributed by atoms with E-state index in [2.05, 4.69) is 11.7 Å². The van der Waals surface area contributed by atoms with Gasteiger partial charge in [0.25, 0.3) is 0 Å². The van der Waals surface area contributed by atoms with Crippen LogP contribution in [0.5, 0.6) is 0 Å². The van der Waals surface area contributed by atoms with Gasteiger partial charge >= 0.3 is 17.9 Å². The summed E-state index contributed by atoms with van der Waals surface area (Å²) in [6, 6.07) is 0. The van der Waals surface area contributed by atoms with Gasteiger partial charge in [-0.25, -0.2) is 4.79 Å². The smallest absolute Gasteiger partial charge is 0.335 e. The van der Waals surface area contributed by atoms with Crippen molar-refractivity contribution in [2.45, 2.75) is 135 Å². The molecule has 0 fully saturated rings. The lowest BCUT2D eigenvalue weighted by Gasteiger charge is -2.13. The predicted octanol–water partition coefficient (Wildman–Crippen LogP) is 4.92. The zero-order chi connectivity index (χ0) is 25.4. The third kappa shape index (κ3) is 22.1. The molecule has 1 unspecified atom stereocenters. The van der Waals surface area contributed by atoms with Gasteiger partial charge in [0.1, 0.15) is 19.3 Å². The van der Waals surface area contributed by atoms with Crippen LogP contribution in [-0.4, -0.2) is 58.6 Å². The molecule has 0 spiro atoms. The van der Waals surface area contributed by atoms with Crippen LogP contribution in [0.3, 0.4) is 0 Å². The van der Waals surface area contributed by atoms with E-state index in [-0.39, 0.29) is 13.0 Å². The van der Waals surface area contributed by atoms with Crippen LogP contribution in [0.4, 0.5) is 0 Å². The summed E-state index contributed by atoms with van der Waals surface area (Å²) in [7, 11) is 0. The zero-order valence-electron chi connectivity index (χ0n) is 21.2. The molecule has 0 aliphatic rings. The number of hydrogen-bond acceptors (Lipinski definition) is 7. The summed E-state index contributed by atoms with van der Waals surface area (Å²) in [6.45, 7) is 1.45. The molecule has 0 saturated heterocycles. The van der Waals surface area contributed by atoms with E-state index in [0.717, 1.165) is 19.3 Å². The van der Waals surface area contributed by atoms with E-state index in [4.69, 9.17) is 9.84 Å². The van der Waals surface area contributed by atoms with Crippen molar-refractivity contribution < 1.29 is 39.2 Å². The first-order valence-electron chi connectivity index (χ1n) is 13.3. The molecule has 8 nitrogen and oxygen atoms in total. The van der Waals surface area contributed by atoms with Crippen LogP contribution >= 0.6 is 0 Å². The van der Waals surface area contributed by atoms with Crippen molar-refractivity contribution in [1.82, 2.24) is 0 Å². The highest BCUT2D eigenvalue weighted by Gasteiger charge is 2.21. The summed E-state index contributed by atoms with van der Waals surface area (Å²) in [5.74, 6) is -2.89. The SMILES string of the molecule is CCCCCCCCCCCCCCCCCCC(=O)OCC(O)COC(=O)[C@@H](O)CC(=O)O. The summed E-state index contributed by atoms with van der Waals surface area (Å²) in [4.78, 5) is 33.5. The van der Waals surface area contributed by atoms with Crippen molar-refractivity contribution in [3.05, 3.63) is 0 Å². The van der Waals surface area contributed by atoms with Crippen LogP contribution in [0, 0.1) is 0 Å². The topological polar surface area (TPSA) is 130 Å². The highest BCUT2D eigenvalue weighted by Crippen LogP contribution is 2.14. The minimum Gasteiger partial charge on any atom is -0.481 e. The van der Waals surface area contributed by atoms with E-state index < -0.39 is 43.1 Å². The van der Waals surface area contributed by atoms with Crippen molar-refractivity contribution in [3.8, 4) is 0 Å². The van der Waals surface area contributed by atoms with Crippen LogP contribution < -0.4 is 0 Å². The van der Waals surface area contributed by atoms with Crippen LogP contribution in [0.15, 0.2) is 0 Å². The number of esters is 2. The summed E-state index contributed by atoms with van der Waals surface area (Å²) >= 11 is 0. The first-order valence-corrected chi connectivity index (χ1v) is 13.3. The molecule has 34 heavy (non-hydrogen) atoms. The largest absolute Gasteiger partial charge is 0.481 e. The molecule has 0 heterocycles. The molecule has 3 N–H and O–H groups in total. The molecule has 0 aromatic rings. The Labute approximate surface area is 205 Å². The van der Waals surface area contributed by atoms with Crippen molar-refractivity contribution in [1.29, 1.82) is 0 Å². The number of hydrogen-bond donors (Lipinski definition) is 3. The van der Waals surface area contributed by atoms with Crippen molar-refractivity contribution in [3.63, 3.8) is 0 Å². The van der Waals surface area contributed by atoms with Crippen molar-refractivity contribution in [2.75, 3.05) is 13.2 Å². The Morgan fingerprint density at radius 1 is 0.647 bits per heavy atom. The van der Waals surface area contributed by atoms with Crippen LogP contribution in [0.2, 0.25) is 0 Å². The average molecular weight is 489 g/mol. The number of carboxylic acid groups (broad SMARTS) is 1. The number of unbranched alkanes of at least 4 members (excludes halogenated alkanes) is 15. The first-order chi connectivity index (χ1) is 16.4. The van der Waals surface area contributed by atoms with E-state index in [9.17, 15) is 24.6 Å². The normalized spacial score (nSPS) is 12.8. The molecule has 0 aromatic carbocycles. The number of rotatable bonds is 24. The van der Waals surface area contributed by atoms with Gasteiger partial charge in [-0.05, 0) is 6.42 Å². The quantitative estimate of drug-likeness (QED) is 0.129. The maximum Gasteiger partial charge on any atom is 0.335 e. The fourth-order valence-corrected chi connectivity index (χ4v) is 3.65. The molecule has 0 bridgehead atoms. The fourth-order valence-electron chi connectivity index (χ4n) is 3.65. The number of carbonyl (C=O) groups excluding carboxylic acids is 2. The molecule has 2 atom stereocenters. The lowest BCUT2D eigenvalue weighted by Crippen LogP contribution is -2.31. The van der Waals surface area contributed by atoms with E-state index in [1.165, 1.54) is 83.5 Å². The third-order valence-corrected chi connectivity index (χ3v) is 5.73. The van der Waals surface area contributed by atoms with Gasteiger partial charge in [-0.15, -0.1) is 0 Å².